The molecule has 0 spiro atoms. The predicted octanol–water partition coefficient (Wildman–Crippen LogP) is 4.25. The molecule has 4 rings (SSSR count). The number of aryl methyl sites for hydroxylation is 2. The summed E-state index contributed by atoms with van der Waals surface area (Å²) in [6.07, 6.45) is 3.54. The second-order valence-corrected chi connectivity index (χ2v) is 8.48. The van der Waals surface area contributed by atoms with Gasteiger partial charge in [0.25, 0.3) is 5.56 Å². The standard InChI is InChI=1S/C26H27N3O3/c1-16-8-9-17(2)23(14-16)25-21-6-4-5-7-22(21)26(32)29(28-25)15-24(31)27-20-12-10-19(11-13-20)18(3)30/h8-14H,4-7,15H2,1-3H3,(H,27,31). The summed E-state index contributed by atoms with van der Waals surface area (Å²) >= 11 is 0. The van der Waals surface area contributed by atoms with Crippen molar-refractivity contribution in [2.24, 2.45) is 0 Å². The second-order valence-electron chi connectivity index (χ2n) is 8.48. The number of rotatable bonds is 5. The van der Waals surface area contributed by atoms with Crippen molar-refractivity contribution in [3.8, 4) is 11.3 Å². The van der Waals surface area contributed by atoms with Crippen molar-refractivity contribution in [2.75, 3.05) is 5.32 Å². The summed E-state index contributed by atoms with van der Waals surface area (Å²) < 4.78 is 1.29. The predicted molar refractivity (Wildman–Crippen MR) is 125 cm³/mol. The van der Waals surface area contributed by atoms with Crippen LogP contribution in [0.5, 0.6) is 0 Å². The van der Waals surface area contributed by atoms with Gasteiger partial charge < -0.3 is 5.32 Å². The number of nitrogens with zero attached hydrogens (tertiary/aromatic N) is 2. The molecule has 2 aromatic carbocycles. The minimum absolute atomic E-state index is 0.0355. The number of amides is 1. The van der Waals surface area contributed by atoms with E-state index in [2.05, 4.69) is 28.6 Å². The van der Waals surface area contributed by atoms with Crippen LogP contribution in [0.2, 0.25) is 0 Å². The summed E-state index contributed by atoms with van der Waals surface area (Å²) in [5.74, 6) is -0.371. The van der Waals surface area contributed by atoms with Crippen molar-refractivity contribution in [1.82, 2.24) is 9.78 Å². The maximum atomic E-state index is 13.1. The van der Waals surface area contributed by atoms with Gasteiger partial charge in [0.2, 0.25) is 5.91 Å². The molecule has 0 atom stereocenters. The van der Waals surface area contributed by atoms with E-state index in [4.69, 9.17) is 0 Å². The number of benzene rings is 2. The highest BCUT2D eigenvalue weighted by Gasteiger charge is 2.23. The highest BCUT2D eigenvalue weighted by atomic mass is 16.2. The van der Waals surface area contributed by atoms with Crippen LogP contribution in [0.15, 0.2) is 47.3 Å². The van der Waals surface area contributed by atoms with Gasteiger partial charge >= 0.3 is 0 Å². The van der Waals surface area contributed by atoms with Gasteiger partial charge in [-0.1, -0.05) is 17.7 Å². The highest BCUT2D eigenvalue weighted by Crippen LogP contribution is 2.30. The van der Waals surface area contributed by atoms with E-state index in [1.165, 1.54) is 11.6 Å². The molecule has 0 unspecified atom stereocenters. The topological polar surface area (TPSA) is 81.1 Å². The Morgan fingerprint density at radius 1 is 1.00 bits per heavy atom. The van der Waals surface area contributed by atoms with Crippen LogP contribution >= 0.6 is 0 Å². The number of hydrogen-bond donors (Lipinski definition) is 1. The number of aromatic nitrogens is 2. The highest BCUT2D eigenvalue weighted by molar-refractivity contribution is 5.95. The first-order valence-corrected chi connectivity index (χ1v) is 10.9. The number of nitrogens with one attached hydrogen (secondary N) is 1. The van der Waals surface area contributed by atoms with Crippen LogP contribution in [0.3, 0.4) is 0 Å². The van der Waals surface area contributed by atoms with Crippen LogP contribution in [0.4, 0.5) is 5.69 Å². The third-order valence-electron chi connectivity index (χ3n) is 5.98. The van der Waals surface area contributed by atoms with Gasteiger partial charge in [-0.05, 0) is 87.9 Å². The summed E-state index contributed by atoms with van der Waals surface area (Å²) in [7, 11) is 0. The second kappa shape index (κ2) is 8.91. The summed E-state index contributed by atoms with van der Waals surface area (Å²) in [4.78, 5) is 37.3. The Kier molecular flexibility index (Phi) is 6.04. The lowest BCUT2D eigenvalue weighted by Crippen LogP contribution is -2.34. The molecule has 0 radical (unpaired) electrons. The number of ketones is 1. The molecule has 164 valence electrons. The Labute approximate surface area is 187 Å². The average Bonchev–Trinajstić information content (AvgIpc) is 2.78. The van der Waals surface area contributed by atoms with Crippen molar-refractivity contribution >= 4 is 17.4 Å². The van der Waals surface area contributed by atoms with Crippen LogP contribution in [-0.2, 0) is 24.2 Å². The maximum absolute atomic E-state index is 13.1. The molecule has 0 aliphatic heterocycles. The summed E-state index contributed by atoms with van der Waals surface area (Å²) in [6, 6.07) is 12.9. The van der Waals surface area contributed by atoms with E-state index in [1.54, 1.807) is 24.3 Å². The normalized spacial score (nSPS) is 12.8. The molecule has 0 saturated heterocycles. The Morgan fingerprint density at radius 3 is 2.38 bits per heavy atom. The first-order valence-electron chi connectivity index (χ1n) is 10.9. The fraction of sp³-hybridized carbons (Fsp3) is 0.308. The zero-order valence-corrected chi connectivity index (χ0v) is 18.7. The molecule has 1 aliphatic rings. The molecule has 1 heterocycles. The summed E-state index contributed by atoms with van der Waals surface area (Å²) in [6.45, 7) is 5.41. The van der Waals surface area contributed by atoms with Gasteiger partial charge in [0.15, 0.2) is 5.78 Å². The quantitative estimate of drug-likeness (QED) is 0.615. The lowest BCUT2D eigenvalue weighted by Gasteiger charge is -2.21. The van der Waals surface area contributed by atoms with Crippen LogP contribution in [0, 0.1) is 13.8 Å². The lowest BCUT2D eigenvalue weighted by atomic mass is 9.88. The Balaban J connectivity index is 1.68. The van der Waals surface area contributed by atoms with Gasteiger partial charge in [-0.3, -0.25) is 14.4 Å². The van der Waals surface area contributed by atoms with E-state index >= 15 is 0 Å². The molecule has 1 amide bonds. The number of carbonyl (C=O) groups is 2. The van der Waals surface area contributed by atoms with Gasteiger partial charge in [0, 0.05) is 22.4 Å². The van der Waals surface area contributed by atoms with Gasteiger partial charge in [-0.25, -0.2) is 4.68 Å². The minimum atomic E-state index is -0.335. The van der Waals surface area contributed by atoms with Crippen LogP contribution in [0.25, 0.3) is 11.3 Å². The van der Waals surface area contributed by atoms with Gasteiger partial charge in [-0.2, -0.15) is 5.10 Å². The van der Waals surface area contributed by atoms with Crippen molar-refractivity contribution in [2.45, 2.75) is 53.0 Å². The Morgan fingerprint density at radius 2 is 1.69 bits per heavy atom. The molecule has 6 heteroatoms. The van der Waals surface area contributed by atoms with Gasteiger partial charge in [0.1, 0.15) is 6.54 Å². The average molecular weight is 430 g/mol. The van der Waals surface area contributed by atoms with E-state index in [1.807, 2.05) is 13.8 Å². The number of carbonyl (C=O) groups excluding carboxylic acids is 2. The van der Waals surface area contributed by atoms with Crippen molar-refractivity contribution in [1.29, 1.82) is 0 Å². The maximum Gasteiger partial charge on any atom is 0.270 e. The number of Topliss-reactive ketones (excluding diaryl/α,β-unsaturated/α-hetero) is 1. The molecule has 0 fully saturated rings. The monoisotopic (exact) mass is 429 g/mol. The van der Waals surface area contributed by atoms with Crippen molar-refractivity contribution in [3.05, 3.63) is 80.6 Å². The van der Waals surface area contributed by atoms with Gasteiger partial charge in [0.05, 0.1) is 5.69 Å². The molecular weight excluding hydrogens is 402 g/mol. The minimum Gasteiger partial charge on any atom is -0.324 e. The Hall–Kier alpha value is -3.54. The van der Waals surface area contributed by atoms with Gasteiger partial charge in [-0.15, -0.1) is 0 Å². The number of fused-ring (bicyclic) bond motifs is 1. The molecule has 3 aromatic rings. The first kappa shape index (κ1) is 21.7. The van der Waals surface area contributed by atoms with Crippen molar-refractivity contribution in [3.63, 3.8) is 0 Å². The molecule has 1 N–H and O–H groups in total. The molecule has 32 heavy (non-hydrogen) atoms. The first-order chi connectivity index (χ1) is 15.3. The van der Waals surface area contributed by atoms with E-state index in [0.29, 0.717) is 17.7 Å². The lowest BCUT2D eigenvalue weighted by molar-refractivity contribution is -0.117. The van der Waals surface area contributed by atoms with E-state index in [0.717, 1.165) is 52.8 Å². The fourth-order valence-electron chi connectivity index (χ4n) is 4.22. The zero-order chi connectivity index (χ0) is 22.8. The molecule has 0 saturated carbocycles. The zero-order valence-electron chi connectivity index (χ0n) is 18.7. The smallest absolute Gasteiger partial charge is 0.270 e. The third-order valence-corrected chi connectivity index (χ3v) is 5.98. The van der Waals surface area contributed by atoms with E-state index < -0.39 is 0 Å². The SMILES string of the molecule is CC(=O)c1ccc(NC(=O)Cn2nc(-c3cc(C)ccc3C)c3c(c2=O)CCCC3)cc1. The largest absolute Gasteiger partial charge is 0.324 e. The molecule has 1 aromatic heterocycles. The molecule has 6 nitrogen and oxygen atoms in total. The summed E-state index contributed by atoms with van der Waals surface area (Å²) in [5, 5.41) is 7.47. The fourth-order valence-corrected chi connectivity index (χ4v) is 4.22. The van der Waals surface area contributed by atoms with Crippen molar-refractivity contribution < 1.29 is 9.59 Å². The summed E-state index contributed by atoms with van der Waals surface area (Å²) in [5.41, 5.74) is 6.80. The van der Waals surface area contributed by atoms with E-state index in [9.17, 15) is 14.4 Å². The van der Waals surface area contributed by atoms with Crippen LogP contribution in [0.1, 0.15) is 52.4 Å². The van der Waals surface area contributed by atoms with E-state index in [-0.39, 0.29) is 23.8 Å². The molecule has 1 aliphatic carbocycles. The number of hydrogen-bond acceptors (Lipinski definition) is 4. The molecule has 0 bridgehead atoms. The Bertz CT molecular complexity index is 1260. The van der Waals surface area contributed by atoms with Crippen LogP contribution < -0.4 is 10.9 Å². The van der Waals surface area contributed by atoms with Crippen LogP contribution in [-0.4, -0.2) is 21.5 Å². The third kappa shape index (κ3) is 4.40. The molecular formula is C26H27N3O3. The number of anilines is 1.